The van der Waals surface area contributed by atoms with Crippen LogP contribution in [0, 0.1) is 6.92 Å². The number of nitrogens with one attached hydrogen (secondary N) is 1. The molecule has 0 radical (unpaired) electrons. The molecule has 1 fully saturated rings. The van der Waals surface area contributed by atoms with Crippen LogP contribution < -0.4 is 10.1 Å². The Bertz CT molecular complexity index is 926. The summed E-state index contributed by atoms with van der Waals surface area (Å²) in [5, 5.41) is 7.06. The molecule has 1 N–H and O–H groups in total. The number of benzene rings is 2. The van der Waals surface area contributed by atoms with E-state index in [-0.39, 0.29) is 12.5 Å². The van der Waals surface area contributed by atoms with Crippen molar-refractivity contribution in [2.75, 3.05) is 6.61 Å². The van der Waals surface area contributed by atoms with Gasteiger partial charge in [0.15, 0.2) is 6.61 Å². The second-order valence-corrected chi connectivity index (χ2v) is 7.15. The van der Waals surface area contributed by atoms with Crippen molar-refractivity contribution in [2.45, 2.75) is 38.6 Å². The van der Waals surface area contributed by atoms with Crippen LogP contribution >= 0.6 is 0 Å². The van der Waals surface area contributed by atoms with Gasteiger partial charge in [-0.15, -0.1) is 0 Å². The molecule has 1 aliphatic rings. The highest BCUT2D eigenvalue weighted by Gasteiger charge is 2.17. The van der Waals surface area contributed by atoms with E-state index in [1.807, 2.05) is 43.3 Å². The van der Waals surface area contributed by atoms with E-state index >= 15 is 0 Å². The van der Waals surface area contributed by atoms with E-state index in [1.54, 1.807) is 12.1 Å². The number of ether oxygens (including phenoxy) is 1. The van der Waals surface area contributed by atoms with Crippen molar-refractivity contribution < 1.29 is 14.1 Å². The number of carbonyl (C=O) groups excluding carboxylic acids is 1. The van der Waals surface area contributed by atoms with Gasteiger partial charge in [0.1, 0.15) is 5.75 Å². The maximum atomic E-state index is 11.9. The Morgan fingerprint density at radius 3 is 2.46 bits per heavy atom. The Labute approximate surface area is 163 Å². The lowest BCUT2D eigenvalue weighted by Gasteiger charge is -2.12. The van der Waals surface area contributed by atoms with Gasteiger partial charge in [-0.1, -0.05) is 47.8 Å². The predicted octanol–water partition coefficient (Wildman–Crippen LogP) is 4.15. The minimum atomic E-state index is -0.0735. The number of aromatic nitrogens is 2. The quantitative estimate of drug-likeness (QED) is 0.698. The minimum absolute atomic E-state index is 0.0218. The normalized spacial score (nSPS) is 14.2. The van der Waals surface area contributed by atoms with Crippen LogP contribution in [0.5, 0.6) is 5.75 Å². The van der Waals surface area contributed by atoms with Gasteiger partial charge < -0.3 is 14.6 Å². The Balaban J connectivity index is 1.35. The largest absolute Gasteiger partial charge is 0.484 e. The molecule has 0 bridgehead atoms. The van der Waals surface area contributed by atoms with E-state index in [9.17, 15) is 4.79 Å². The molecule has 0 aliphatic heterocycles. The fourth-order valence-electron chi connectivity index (χ4n) is 3.34. The molecule has 0 atom stereocenters. The van der Waals surface area contributed by atoms with Crippen molar-refractivity contribution in [3.63, 3.8) is 0 Å². The zero-order valence-corrected chi connectivity index (χ0v) is 15.9. The van der Waals surface area contributed by atoms with Crippen LogP contribution in [-0.4, -0.2) is 28.7 Å². The molecule has 3 aromatic rings. The molecule has 1 amide bonds. The monoisotopic (exact) mass is 377 g/mol. The van der Waals surface area contributed by atoms with Crippen LogP contribution in [0.1, 0.15) is 31.2 Å². The smallest absolute Gasteiger partial charge is 0.258 e. The lowest BCUT2D eigenvalue weighted by Crippen LogP contribution is -2.36. The summed E-state index contributed by atoms with van der Waals surface area (Å²) in [5.41, 5.74) is 2.89. The number of hydrogen-bond donors (Lipinski definition) is 1. The molecule has 1 heterocycles. The fourth-order valence-corrected chi connectivity index (χ4v) is 3.34. The summed E-state index contributed by atoms with van der Waals surface area (Å²) in [6.07, 6.45) is 4.51. The van der Waals surface area contributed by atoms with Crippen LogP contribution in [0.2, 0.25) is 0 Å². The highest BCUT2D eigenvalue weighted by atomic mass is 16.5. The number of carbonyl (C=O) groups is 1. The maximum absolute atomic E-state index is 11.9. The Morgan fingerprint density at radius 1 is 1.07 bits per heavy atom. The van der Waals surface area contributed by atoms with E-state index < -0.39 is 0 Å². The summed E-state index contributed by atoms with van der Waals surface area (Å²) in [5.74, 6) is 1.55. The second kappa shape index (κ2) is 8.25. The minimum Gasteiger partial charge on any atom is -0.484 e. The van der Waals surface area contributed by atoms with Gasteiger partial charge in [0.05, 0.1) is 0 Å². The van der Waals surface area contributed by atoms with Crippen LogP contribution in [0.25, 0.3) is 22.8 Å². The molecule has 1 saturated carbocycles. The summed E-state index contributed by atoms with van der Waals surface area (Å²) < 4.78 is 11.0. The van der Waals surface area contributed by atoms with Crippen molar-refractivity contribution in [1.82, 2.24) is 15.5 Å². The molecular formula is C22H23N3O3. The molecule has 6 heteroatoms. The molecule has 28 heavy (non-hydrogen) atoms. The molecule has 1 aromatic heterocycles. The topological polar surface area (TPSA) is 77.2 Å². The third-order valence-corrected chi connectivity index (χ3v) is 4.93. The first kappa shape index (κ1) is 18.2. The van der Waals surface area contributed by atoms with Crippen LogP contribution in [0.15, 0.2) is 53.1 Å². The van der Waals surface area contributed by atoms with E-state index in [4.69, 9.17) is 9.26 Å². The van der Waals surface area contributed by atoms with Gasteiger partial charge in [0.2, 0.25) is 5.82 Å². The lowest BCUT2D eigenvalue weighted by molar-refractivity contribution is -0.123. The SMILES string of the molecule is Cc1ccc(-c2noc(-c3ccc(OCC(=O)NC4CCCC4)cc3)n2)cc1. The molecule has 6 nitrogen and oxygen atoms in total. The zero-order chi connectivity index (χ0) is 19.3. The van der Waals surface area contributed by atoms with E-state index in [0.29, 0.717) is 23.5 Å². The average Bonchev–Trinajstić information content (AvgIpc) is 3.40. The van der Waals surface area contributed by atoms with Crippen molar-refractivity contribution in [3.8, 4) is 28.6 Å². The molecule has 2 aromatic carbocycles. The maximum Gasteiger partial charge on any atom is 0.258 e. The van der Waals surface area contributed by atoms with Crippen molar-refractivity contribution in [1.29, 1.82) is 0 Å². The van der Waals surface area contributed by atoms with Crippen molar-refractivity contribution in [3.05, 3.63) is 54.1 Å². The van der Waals surface area contributed by atoms with Crippen LogP contribution in [0.3, 0.4) is 0 Å². The van der Waals surface area contributed by atoms with Crippen molar-refractivity contribution in [2.24, 2.45) is 0 Å². The number of nitrogens with zero attached hydrogens (tertiary/aromatic N) is 2. The van der Waals surface area contributed by atoms with E-state index in [1.165, 1.54) is 18.4 Å². The molecular weight excluding hydrogens is 354 g/mol. The summed E-state index contributed by atoms with van der Waals surface area (Å²) >= 11 is 0. The Kier molecular flexibility index (Phi) is 5.37. The Hall–Kier alpha value is -3.15. The first-order valence-corrected chi connectivity index (χ1v) is 9.61. The van der Waals surface area contributed by atoms with Gasteiger partial charge in [0, 0.05) is 17.2 Å². The highest BCUT2D eigenvalue weighted by molar-refractivity contribution is 5.77. The first-order valence-electron chi connectivity index (χ1n) is 9.61. The van der Waals surface area contributed by atoms with Gasteiger partial charge in [-0.05, 0) is 44.0 Å². The highest BCUT2D eigenvalue weighted by Crippen LogP contribution is 2.24. The van der Waals surface area contributed by atoms with Gasteiger partial charge in [0.25, 0.3) is 11.8 Å². The first-order chi connectivity index (χ1) is 13.7. The van der Waals surface area contributed by atoms with Crippen LogP contribution in [-0.2, 0) is 4.79 Å². The lowest BCUT2D eigenvalue weighted by atomic mass is 10.1. The Morgan fingerprint density at radius 2 is 1.75 bits per heavy atom. The summed E-state index contributed by atoms with van der Waals surface area (Å²) in [6.45, 7) is 2.06. The van der Waals surface area contributed by atoms with Crippen molar-refractivity contribution >= 4 is 5.91 Å². The van der Waals surface area contributed by atoms with Gasteiger partial charge in [-0.25, -0.2) is 0 Å². The van der Waals surface area contributed by atoms with Gasteiger partial charge in [-0.2, -0.15) is 4.98 Å². The number of aryl methyl sites for hydroxylation is 1. The van der Waals surface area contributed by atoms with Crippen LogP contribution in [0.4, 0.5) is 0 Å². The average molecular weight is 377 g/mol. The standard InChI is InChI=1S/C22H23N3O3/c1-15-6-8-16(9-7-15)21-24-22(28-25-21)17-10-12-19(13-11-17)27-14-20(26)23-18-4-2-3-5-18/h6-13,18H,2-5,14H2,1H3,(H,23,26). The fraction of sp³-hybridized carbons (Fsp3) is 0.318. The van der Waals surface area contributed by atoms with E-state index in [2.05, 4.69) is 15.5 Å². The van der Waals surface area contributed by atoms with Gasteiger partial charge in [-0.3, -0.25) is 4.79 Å². The third kappa shape index (κ3) is 4.39. The second-order valence-electron chi connectivity index (χ2n) is 7.15. The molecule has 144 valence electrons. The summed E-state index contributed by atoms with van der Waals surface area (Å²) in [4.78, 5) is 16.4. The number of rotatable bonds is 6. The predicted molar refractivity (Wildman–Crippen MR) is 106 cm³/mol. The molecule has 1 aliphatic carbocycles. The molecule has 0 spiro atoms. The number of amides is 1. The molecule has 0 unspecified atom stereocenters. The zero-order valence-electron chi connectivity index (χ0n) is 15.9. The van der Waals surface area contributed by atoms with Gasteiger partial charge >= 0.3 is 0 Å². The summed E-state index contributed by atoms with van der Waals surface area (Å²) in [6, 6.07) is 15.6. The number of hydrogen-bond acceptors (Lipinski definition) is 5. The third-order valence-electron chi connectivity index (χ3n) is 4.93. The molecule has 0 saturated heterocycles. The summed E-state index contributed by atoms with van der Waals surface area (Å²) in [7, 11) is 0. The van der Waals surface area contributed by atoms with E-state index in [0.717, 1.165) is 24.0 Å². The molecule has 4 rings (SSSR count).